The van der Waals surface area contributed by atoms with E-state index < -0.39 is 101 Å². The van der Waals surface area contributed by atoms with Gasteiger partial charge in [0.1, 0.15) is 0 Å². The number of hydrogen-bond acceptors (Lipinski definition) is 13. The molecule has 0 saturated heterocycles. The van der Waals surface area contributed by atoms with Crippen molar-refractivity contribution in [3.63, 3.8) is 0 Å². The van der Waals surface area contributed by atoms with Crippen LogP contribution in [0, 0.1) is 65.1 Å². The Kier molecular flexibility index (Phi) is 24.4. The van der Waals surface area contributed by atoms with Crippen LogP contribution in [0.5, 0.6) is 0 Å². The van der Waals surface area contributed by atoms with E-state index in [4.69, 9.17) is 5.73 Å². The second-order valence-corrected chi connectivity index (χ2v) is 31.4. The third-order valence-corrected chi connectivity index (χ3v) is 25.0. The molecule has 0 heterocycles. The zero-order valence-electron chi connectivity index (χ0n) is 57.7. The Bertz CT molecular complexity index is 2990. The van der Waals surface area contributed by atoms with Gasteiger partial charge in [-0.1, -0.05) is 70.6 Å². The van der Waals surface area contributed by atoms with Crippen molar-refractivity contribution in [1.82, 2.24) is 63.8 Å². The van der Waals surface area contributed by atoms with Crippen LogP contribution in [0.2, 0.25) is 0 Å². The van der Waals surface area contributed by atoms with Gasteiger partial charge in [0.25, 0.3) is 0 Å². The molecule has 13 amide bonds. The minimum absolute atomic E-state index is 0.00682. The summed E-state index contributed by atoms with van der Waals surface area (Å²) in [6, 6.07) is -4.55. The van der Waals surface area contributed by atoms with Crippen molar-refractivity contribution in [2.45, 2.75) is 305 Å². The Labute approximate surface area is 576 Å². The maximum Gasteiger partial charge on any atom is 0.225 e. The van der Waals surface area contributed by atoms with Crippen LogP contribution in [0.15, 0.2) is 0 Å². The topological polar surface area (TPSA) is 392 Å². The van der Waals surface area contributed by atoms with Gasteiger partial charge in [0.2, 0.25) is 76.8 Å². The van der Waals surface area contributed by atoms with Gasteiger partial charge in [0.05, 0.1) is 65.1 Å². The Hall–Kier alpha value is -6.89. The third kappa shape index (κ3) is 17.4. The van der Waals surface area contributed by atoms with E-state index in [1.54, 1.807) is 6.92 Å². The van der Waals surface area contributed by atoms with Crippen LogP contribution in [0.3, 0.4) is 0 Å². The molecule has 14 N–H and O–H groups in total. The van der Waals surface area contributed by atoms with Crippen LogP contribution in [0.1, 0.15) is 232 Å². The molecule has 11 fully saturated rings. The zero-order valence-corrected chi connectivity index (χ0v) is 57.7. The first-order valence-corrected chi connectivity index (χ1v) is 38.1. The maximum atomic E-state index is 14.2. The van der Waals surface area contributed by atoms with E-state index in [2.05, 4.69) is 63.8 Å². The van der Waals surface area contributed by atoms with Gasteiger partial charge < -0.3 is 69.5 Å². The number of carbonyl (C=O) groups excluding carboxylic acids is 13. The molecule has 26 heteroatoms. The van der Waals surface area contributed by atoms with E-state index in [1.807, 2.05) is 0 Å². The summed E-state index contributed by atoms with van der Waals surface area (Å²) in [6.45, 7) is 3.21. The van der Waals surface area contributed by atoms with E-state index in [0.29, 0.717) is 135 Å². The first-order valence-electron chi connectivity index (χ1n) is 38.1. The molecular formula is C72H111N13O13. The lowest BCUT2D eigenvalue weighted by molar-refractivity contribution is -0.132. The smallest absolute Gasteiger partial charge is 0.225 e. The largest absolute Gasteiger partial charge is 0.369 e. The molecule has 11 saturated carbocycles. The van der Waals surface area contributed by atoms with Crippen molar-refractivity contribution in [1.29, 1.82) is 0 Å². The van der Waals surface area contributed by atoms with Crippen LogP contribution >= 0.6 is 0 Å². The highest BCUT2D eigenvalue weighted by Crippen LogP contribution is 2.38. The van der Waals surface area contributed by atoms with Crippen molar-refractivity contribution in [2.75, 3.05) is 0 Å². The maximum absolute atomic E-state index is 14.2. The number of nitrogens with two attached hydrogens (primary N) is 1. The highest BCUT2D eigenvalue weighted by Gasteiger charge is 2.48. The average molecular weight is 1370 g/mol. The molecule has 0 aliphatic heterocycles. The van der Waals surface area contributed by atoms with Gasteiger partial charge in [-0.2, -0.15) is 0 Å². The lowest BCUT2D eigenvalue weighted by Gasteiger charge is -2.29. The van der Waals surface area contributed by atoms with Gasteiger partial charge >= 0.3 is 0 Å². The molecule has 0 spiro atoms. The fourth-order valence-corrected chi connectivity index (χ4v) is 19.8. The van der Waals surface area contributed by atoms with Crippen molar-refractivity contribution < 1.29 is 62.3 Å². The SMILES string of the molecule is CC(=O)N[C@H]1CCC[C@@H]1C(=O)N[C@H]1CCC[C@@H]1C(=O)N[C@@H](C)CC(=O)N[C@H]1CCC[C@@H]1C(=O)N[C@H]1CCC[C@@H]1C(=O)N[C@H]1CCC[C@@H]1C(=O)N[C@H]1CCC[C@@H]1C(=O)N[C@H]1CCC[C@@H]1C(=O)N[C@H]1CCC[C@@H]1C(=O)N[C@H]1CCC[C@@H]1C(=O)N[C@H]1CCC[C@@H]1C(=O)N[C@H]1CCC[C@@H]1C(N)=O. The minimum Gasteiger partial charge on any atom is -0.369 e. The Morgan fingerprint density at radius 1 is 0.255 bits per heavy atom. The minimum atomic E-state index is -0.502. The summed E-state index contributed by atoms with van der Waals surface area (Å²) in [7, 11) is 0. The summed E-state index contributed by atoms with van der Waals surface area (Å²) >= 11 is 0. The first kappa shape index (κ1) is 72.4. The summed E-state index contributed by atoms with van der Waals surface area (Å²) in [5.74, 6) is -7.78. The average Bonchev–Trinajstić information content (AvgIpc) is 1.66. The summed E-state index contributed by atoms with van der Waals surface area (Å²) in [5.41, 5.74) is 5.61. The van der Waals surface area contributed by atoms with Crippen molar-refractivity contribution in [2.24, 2.45) is 70.8 Å². The predicted octanol–water partition coefficient (Wildman–Crippen LogP) is 2.52. The van der Waals surface area contributed by atoms with Crippen LogP contribution < -0.4 is 69.5 Å². The van der Waals surface area contributed by atoms with Crippen LogP contribution in [0.4, 0.5) is 0 Å². The lowest BCUT2D eigenvalue weighted by atomic mass is 9.95. The van der Waals surface area contributed by atoms with Gasteiger partial charge in [-0.3, -0.25) is 62.3 Å². The highest BCUT2D eigenvalue weighted by molar-refractivity contribution is 5.90. The Morgan fingerprint density at radius 3 is 0.633 bits per heavy atom. The summed E-state index contributed by atoms with van der Waals surface area (Å²) in [4.78, 5) is 176. The van der Waals surface area contributed by atoms with Crippen molar-refractivity contribution in [3.8, 4) is 0 Å². The fraction of sp³-hybridized carbons (Fsp3) is 0.819. The Balaban J connectivity index is 0.594. The quantitative estimate of drug-likeness (QED) is 0.0626. The number of carbonyl (C=O) groups is 13. The molecule has 0 unspecified atom stereocenters. The van der Waals surface area contributed by atoms with E-state index >= 15 is 0 Å². The van der Waals surface area contributed by atoms with E-state index in [9.17, 15) is 62.3 Å². The number of rotatable bonds is 25. The zero-order chi connectivity index (χ0) is 69.3. The molecule has 11 aliphatic rings. The molecule has 542 valence electrons. The monoisotopic (exact) mass is 1370 g/mol. The molecule has 98 heavy (non-hydrogen) atoms. The summed E-state index contributed by atoms with van der Waals surface area (Å²) in [5, 5.41) is 37.5. The number of amides is 13. The summed E-state index contributed by atoms with van der Waals surface area (Å²) < 4.78 is 0. The molecule has 0 aromatic carbocycles. The highest BCUT2D eigenvalue weighted by atomic mass is 16.2. The van der Waals surface area contributed by atoms with Crippen molar-refractivity contribution >= 4 is 76.8 Å². The van der Waals surface area contributed by atoms with Gasteiger partial charge in [-0.25, -0.2) is 0 Å². The van der Waals surface area contributed by atoms with Crippen LogP contribution in [0.25, 0.3) is 0 Å². The van der Waals surface area contributed by atoms with E-state index in [-0.39, 0.29) is 119 Å². The molecule has 11 aliphatic carbocycles. The normalized spacial score (nSPS) is 36.7. The predicted molar refractivity (Wildman–Crippen MR) is 359 cm³/mol. The molecule has 0 aromatic rings. The van der Waals surface area contributed by atoms with Gasteiger partial charge in [0, 0.05) is 85.8 Å². The number of primary amides is 1. The second-order valence-electron chi connectivity index (χ2n) is 31.4. The molecule has 23 atom stereocenters. The molecule has 0 bridgehead atoms. The summed E-state index contributed by atoms with van der Waals surface area (Å²) in [6.07, 6.45) is 22.2. The first-order chi connectivity index (χ1) is 47.2. The second kappa shape index (κ2) is 33.1. The third-order valence-electron chi connectivity index (χ3n) is 25.0. The molecule has 0 aromatic heterocycles. The van der Waals surface area contributed by atoms with Gasteiger partial charge in [0.15, 0.2) is 0 Å². The van der Waals surface area contributed by atoms with Gasteiger partial charge in [-0.15, -0.1) is 0 Å². The van der Waals surface area contributed by atoms with E-state index in [1.165, 1.54) is 6.92 Å². The molecular weight excluding hydrogens is 1250 g/mol. The molecule has 11 rings (SSSR count). The lowest BCUT2D eigenvalue weighted by Crippen LogP contribution is -2.54. The van der Waals surface area contributed by atoms with Gasteiger partial charge in [-0.05, 0) is 148 Å². The van der Waals surface area contributed by atoms with E-state index in [0.717, 1.165) is 77.0 Å². The van der Waals surface area contributed by atoms with Crippen LogP contribution in [-0.4, -0.2) is 149 Å². The van der Waals surface area contributed by atoms with Crippen LogP contribution in [-0.2, 0) is 62.3 Å². The number of hydrogen-bond donors (Lipinski definition) is 13. The number of nitrogens with one attached hydrogen (secondary N) is 12. The Morgan fingerprint density at radius 2 is 0.429 bits per heavy atom. The molecule has 26 nitrogen and oxygen atoms in total. The molecule has 0 radical (unpaired) electrons. The fourth-order valence-electron chi connectivity index (χ4n) is 19.8. The standard InChI is InChI=1S/C72H111N13O13/c1-37(74-63(89)42-17-6-28-53(42)78-64(90)40-15-4-26-51(40)75-38(2)86)36-61(87)76-52-27-5-16-41(52)65(91)79-55-30-8-19-44(55)67(93)81-57-32-10-21-46(57)69(95)83-59-34-12-23-48(59)71(97)85-60-35-13-24-49(60)72(98)84-58-33-11-22-47(58)70(96)82-56-31-9-20-45(56)68(94)80-54-29-7-18-43(54)66(92)77-50-25-3-14-39(50)62(73)88/h37,39-60H,3-36H2,1-2H3,(H2,73,88)(H,74,89)(H,75,86)(H,76,87)(H,77,92)(H,78,90)(H,79,91)(H,80,94)(H,81,93)(H,82,96)(H,83,95)(H,84,98)(H,85,97)/t37-,39-,40-,41-,42-,43-,44-,45-,46-,47-,48-,49-,50-,51-,52-,53-,54-,55-,56-,57-,58-,59-,60-/m0/s1. The van der Waals surface area contributed by atoms with Crippen molar-refractivity contribution in [3.05, 3.63) is 0 Å².